The van der Waals surface area contributed by atoms with Gasteiger partial charge in [0.25, 0.3) is 0 Å². The maximum Gasteiger partial charge on any atom is 0.229 e. The second-order valence-corrected chi connectivity index (χ2v) is 8.75. The largest absolute Gasteiger partial charge is 0.374 e. The van der Waals surface area contributed by atoms with Crippen LogP contribution in [0, 0.1) is 12.8 Å². The van der Waals surface area contributed by atoms with E-state index in [4.69, 9.17) is 5.73 Å². The molecule has 156 valence electrons. The van der Waals surface area contributed by atoms with Crippen LogP contribution in [0.25, 0.3) is 0 Å². The Balaban J connectivity index is 1.27. The first-order valence-electron chi connectivity index (χ1n) is 10.1. The van der Waals surface area contributed by atoms with Gasteiger partial charge in [0, 0.05) is 19.5 Å². The van der Waals surface area contributed by atoms with Crippen LogP contribution in [-0.4, -0.2) is 39.4 Å². The number of hydrogen-bond acceptors (Lipinski definition) is 8. The molecule has 3 N–H and O–H groups in total. The normalized spacial score (nSPS) is 14.6. The third kappa shape index (κ3) is 5.29. The Kier molecular flexibility index (Phi) is 6.18. The quantitative estimate of drug-likeness (QED) is 0.627. The summed E-state index contributed by atoms with van der Waals surface area (Å²) in [6.07, 6.45) is 3.38. The third-order valence-corrected chi connectivity index (χ3v) is 6.02. The second-order valence-electron chi connectivity index (χ2n) is 7.66. The predicted molar refractivity (Wildman–Crippen MR) is 119 cm³/mol. The van der Waals surface area contributed by atoms with E-state index in [1.54, 1.807) is 0 Å². The summed E-state index contributed by atoms with van der Waals surface area (Å²) in [5, 5.41) is 20.9. The van der Waals surface area contributed by atoms with Gasteiger partial charge in [0.15, 0.2) is 11.6 Å². The first kappa shape index (κ1) is 20.2. The molecule has 1 aliphatic rings. The summed E-state index contributed by atoms with van der Waals surface area (Å²) in [6.45, 7) is 3.86. The Morgan fingerprint density at radius 1 is 1.17 bits per heavy atom. The fourth-order valence-corrected chi connectivity index (χ4v) is 4.44. The van der Waals surface area contributed by atoms with Gasteiger partial charge in [-0.2, -0.15) is 0 Å². The molecule has 2 aromatic heterocycles. The number of amides is 1. The van der Waals surface area contributed by atoms with Gasteiger partial charge in [0.1, 0.15) is 5.01 Å². The van der Waals surface area contributed by atoms with Crippen LogP contribution >= 0.6 is 11.3 Å². The standard InChI is InChI=1S/C21H25N7OS/c1-14-3-2-4-16(11-14)12-19(29)23-17-5-6-18(25-24-17)28-9-7-15(8-10-28)13-20-26-27-21(22)30-20/h2-6,11,15H,7-10,12-13H2,1H3,(H2,22,27)(H,23,24,29). The van der Waals surface area contributed by atoms with Crippen LogP contribution in [0.3, 0.4) is 0 Å². The molecule has 4 rings (SSSR count). The Labute approximate surface area is 179 Å². The summed E-state index contributed by atoms with van der Waals surface area (Å²) in [7, 11) is 0. The Morgan fingerprint density at radius 3 is 2.67 bits per heavy atom. The molecule has 0 bridgehead atoms. The number of nitrogen functional groups attached to an aromatic ring is 1. The highest BCUT2D eigenvalue weighted by Gasteiger charge is 2.22. The monoisotopic (exact) mass is 423 g/mol. The molecule has 1 fully saturated rings. The van der Waals surface area contributed by atoms with Crippen LogP contribution in [0.5, 0.6) is 0 Å². The van der Waals surface area contributed by atoms with Gasteiger partial charge >= 0.3 is 0 Å². The van der Waals surface area contributed by atoms with Gasteiger partial charge in [-0.3, -0.25) is 4.79 Å². The van der Waals surface area contributed by atoms with Crippen molar-refractivity contribution in [2.45, 2.75) is 32.6 Å². The number of benzene rings is 1. The van der Waals surface area contributed by atoms with Gasteiger partial charge in [-0.05, 0) is 43.4 Å². The van der Waals surface area contributed by atoms with Crippen LogP contribution in [0.4, 0.5) is 16.8 Å². The number of nitrogens with one attached hydrogen (secondary N) is 1. The predicted octanol–water partition coefficient (Wildman–Crippen LogP) is 2.86. The highest BCUT2D eigenvalue weighted by molar-refractivity contribution is 7.15. The number of carbonyl (C=O) groups excluding carboxylic acids is 1. The molecule has 0 atom stereocenters. The van der Waals surface area contributed by atoms with E-state index in [9.17, 15) is 4.79 Å². The van der Waals surface area contributed by atoms with Gasteiger partial charge in [-0.1, -0.05) is 41.2 Å². The summed E-state index contributed by atoms with van der Waals surface area (Å²) < 4.78 is 0. The zero-order chi connectivity index (χ0) is 20.9. The van der Waals surface area contributed by atoms with Crippen molar-refractivity contribution >= 4 is 34.0 Å². The molecular formula is C21H25N7OS. The van der Waals surface area contributed by atoms with Gasteiger partial charge in [0.05, 0.1) is 6.42 Å². The van der Waals surface area contributed by atoms with E-state index in [1.165, 1.54) is 11.3 Å². The molecule has 0 radical (unpaired) electrons. The van der Waals surface area contributed by atoms with Crippen molar-refractivity contribution in [3.63, 3.8) is 0 Å². The molecule has 0 unspecified atom stereocenters. The summed E-state index contributed by atoms with van der Waals surface area (Å²) >= 11 is 1.47. The zero-order valence-electron chi connectivity index (χ0n) is 16.9. The van der Waals surface area contributed by atoms with Crippen LogP contribution in [0.15, 0.2) is 36.4 Å². The van der Waals surface area contributed by atoms with Crippen molar-refractivity contribution in [3.8, 4) is 0 Å². The summed E-state index contributed by atoms with van der Waals surface area (Å²) in [6, 6.07) is 11.7. The van der Waals surface area contributed by atoms with Crippen LogP contribution in [-0.2, 0) is 17.6 Å². The number of aryl methyl sites for hydroxylation is 1. The molecule has 1 aromatic carbocycles. The fourth-order valence-electron chi connectivity index (χ4n) is 3.72. The van der Waals surface area contributed by atoms with Crippen molar-refractivity contribution in [3.05, 3.63) is 52.5 Å². The van der Waals surface area contributed by atoms with E-state index in [2.05, 4.69) is 30.6 Å². The van der Waals surface area contributed by atoms with E-state index in [0.29, 0.717) is 23.3 Å². The minimum absolute atomic E-state index is 0.0965. The smallest absolute Gasteiger partial charge is 0.229 e. The van der Waals surface area contributed by atoms with Gasteiger partial charge in [0.2, 0.25) is 11.0 Å². The summed E-state index contributed by atoms with van der Waals surface area (Å²) in [5.74, 6) is 1.80. The first-order chi connectivity index (χ1) is 14.5. The second kappa shape index (κ2) is 9.17. The van der Waals surface area contributed by atoms with E-state index >= 15 is 0 Å². The molecule has 3 heterocycles. The Morgan fingerprint density at radius 2 is 2.00 bits per heavy atom. The third-order valence-electron chi connectivity index (χ3n) is 5.25. The van der Waals surface area contributed by atoms with E-state index < -0.39 is 0 Å². The fraction of sp³-hybridized carbons (Fsp3) is 0.381. The van der Waals surface area contributed by atoms with Crippen molar-refractivity contribution < 1.29 is 4.79 Å². The van der Waals surface area contributed by atoms with Crippen molar-refractivity contribution in [1.82, 2.24) is 20.4 Å². The Bertz CT molecular complexity index is 997. The van der Waals surface area contributed by atoms with Gasteiger partial charge in [-0.15, -0.1) is 20.4 Å². The van der Waals surface area contributed by atoms with Crippen LogP contribution in [0.1, 0.15) is 29.0 Å². The number of nitrogens with zero attached hydrogens (tertiary/aromatic N) is 5. The SMILES string of the molecule is Cc1cccc(CC(=O)Nc2ccc(N3CCC(Cc4nnc(N)s4)CC3)nn2)c1. The average molecular weight is 424 g/mol. The lowest BCUT2D eigenvalue weighted by atomic mass is 9.94. The molecule has 30 heavy (non-hydrogen) atoms. The van der Waals surface area contributed by atoms with E-state index in [-0.39, 0.29) is 5.91 Å². The zero-order valence-corrected chi connectivity index (χ0v) is 17.7. The molecule has 8 nitrogen and oxygen atoms in total. The maximum absolute atomic E-state index is 12.3. The number of carbonyl (C=O) groups is 1. The molecule has 0 spiro atoms. The number of hydrogen-bond donors (Lipinski definition) is 2. The lowest BCUT2D eigenvalue weighted by Gasteiger charge is -2.32. The minimum Gasteiger partial charge on any atom is -0.374 e. The first-order valence-corrected chi connectivity index (χ1v) is 10.9. The van der Waals surface area contributed by atoms with Crippen LogP contribution in [0.2, 0.25) is 0 Å². The molecule has 9 heteroatoms. The molecule has 3 aromatic rings. The topological polar surface area (TPSA) is 110 Å². The lowest BCUT2D eigenvalue weighted by Crippen LogP contribution is -2.35. The number of rotatable bonds is 6. The Hall–Kier alpha value is -3.07. The van der Waals surface area contributed by atoms with Crippen LogP contribution < -0.4 is 16.0 Å². The minimum atomic E-state index is -0.0965. The highest BCUT2D eigenvalue weighted by Crippen LogP contribution is 2.26. The van der Waals surface area contributed by atoms with Crippen molar-refractivity contribution in [1.29, 1.82) is 0 Å². The highest BCUT2D eigenvalue weighted by atomic mass is 32.1. The molecule has 1 aliphatic heterocycles. The number of anilines is 3. The number of piperidine rings is 1. The van der Waals surface area contributed by atoms with E-state index in [1.807, 2.05) is 43.3 Å². The summed E-state index contributed by atoms with van der Waals surface area (Å²) in [4.78, 5) is 14.5. The molecule has 0 aliphatic carbocycles. The van der Waals surface area contributed by atoms with E-state index in [0.717, 1.165) is 54.3 Å². The van der Waals surface area contributed by atoms with Crippen molar-refractivity contribution in [2.24, 2.45) is 5.92 Å². The molecule has 1 amide bonds. The summed E-state index contributed by atoms with van der Waals surface area (Å²) in [5.41, 5.74) is 7.79. The van der Waals surface area contributed by atoms with Crippen molar-refractivity contribution in [2.75, 3.05) is 29.0 Å². The van der Waals surface area contributed by atoms with Gasteiger partial charge in [-0.25, -0.2) is 0 Å². The lowest BCUT2D eigenvalue weighted by molar-refractivity contribution is -0.115. The molecule has 0 saturated carbocycles. The molecular weight excluding hydrogens is 398 g/mol. The average Bonchev–Trinajstić information content (AvgIpc) is 3.14. The number of nitrogens with two attached hydrogens (primary N) is 1. The molecule has 1 saturated heterocycles. The van der Waals surface area contributed by atoms with Gasteiger partial charge < -0.3 is 16.0 Å². The number of aromatic nitrogens is 4. The maximum atomic E-state index is 12.3.